The number of carbonyl (C=O) groups is 1. The van der Waals surface area contributed by atoms with Crippen LogP contribution in [0.15, 0.2) is 30.5 Å². The summed E-state index contributed by atoms with van der Waals surface area (Å²) in [6.07, 6.45) is 1.09. The maximum Gasteiger partial charge on any atom is 0.408 e. The summed E-state index contributed by atoms with van der Waals surface area (Å²) in [5, 5.41) is 24.1. The first-order chi connectivity index (χ1) is 10.6. The van der Waals surface area contributed by atoms with Crippen LogP contribution < -0.4 is 5.32 Å². The van der Waals surface area contributed by atoms with E-state index in [0.717, 1.165) is 10.9 Å². The van der Waals surface area contributed by atoms with Crippen LogP contribution in [0.25, 0.3) is 10.9 Å². The Bertz CT molecular complexity index is 685. The number of alkyl carbamates (subject to hydrolysis) is 1. The van der Waals surface area contributed by atoms with E-state index in [9.17, 15) is 15.0 Å². The Hall–Kier alpha value is -2.05. The highest BCUT2D eigenvalue weighted by Crippen LogP contribution is 2.30. The van der Waals surface area contributed by atoms with Gasteiger partial charge in [-0.15, -0.1) is 0 Å². The van der Waals surface area contributed by atoms with Crippen molar-refractivity contribution in [1.82, 2.24) is 10.3 Å². The van der Waals surface area contributed by atoms with Crippen molar-refractivity contribution in [3.63, 3.8) is 0 Å². The Kier molecular flexibility index (Phi) is 4.68. The second-order valence-corrected chi connectivity index (χ2v) is 6.78. The summed E-state index contributed by atoms with van der Waals surface area (Å²) in [7, 11) is 0. The highest BCUT2D eigenvalue weighted by atomic mass is 16.6. The molecule has 1 heterocycles. The molecule has 0 aliphatic carbocycles. The monoisotopic (exact) mass is 320 g/mol. The van der Waals surface area contributed by atoms with Crippen LogP contribution in [-0.4, -0.2) is 39.5 Å². The number of para-hydroxylation sites is 1. The minimum atomic E-state index is -1.48. The molecule has 2 aromatic rings. The Labute approximate surface area is 135 Å². The first-order valence-electron chi connectivity index (χ1n) is 7.54. The summed E-state index contributed by atoms with van der Waals surface area (Å²) < 4.78 is 5.19. The molecule has 0 spiro atoms. The number of benzene rings is 1. The fourth-order valence-corrected chi connectivity index (χ4v) is 2.51. The molecule has 0 radical (unpaired) electrons. The number of ether oxygens (including phenoxy) is 1. The smallest absolute Gasteiger partial charge is 0.408 e. The van der Waals surface area contributed by atoms with Gasteiger partial charge < -0.3 is 25.3 Å². The Morgan fingerprint density at radius 2 is 2.00 bits per heavy atom. The van der Waals surface area contributed by atoms with Gasteiger partial charge in [0.05, 0.1) is 18.2 Å². The summed E-state index contributed by atoms with van der Waals surface area (Å²) in [6.45, 7) is 6.37. The van der Waals surface area contributed by atoms with Gasteiger partial charge in [-0.2, -0.15) is 0 Å². The number of fused-ring (bicyclic) bond motifs is 1. The maximum absolute atomic E-state index is 12.0. The van der Waals surface area contributed by atoms with Crippen molar-refractivity contribution in [3.8, 4) is 0 Å². The lowest BCUT2D eigenvalue weighted by Crippen LogP contribution is -2.52. The fraction of sp³-hybridized carbons (Fsp3) is 0.471. The predicted molar refractivity (Wildman–Crippen MR) is 88.1 cm³/mol. The van der Waals surface area contributed by atoms with Gasteiger partial charge in [-0.3, -0.25) is 0 Å². The highest BCUT2D eigenvalue weighted by molar-refractivity contribution is 5.83. The average molecular weight is 320 g/mol. The van der Waals surface area contributed by atoms with E-state index in [1.54, 1.807) is 40.0 Å². The highest BCUT2D eigenvalue weighted by Gasteiger charge is 2.37. The van der Waals surface area contributed by atoms with Crippen LogP contribution in [0.5, 0.6) is 0 Å². The van der Waals surface area contributed by atoms with Gasteiger partial charge in [-0.1, -0.05) is 18.2 Å². The number of hydrogen-bond acceptors (Lipinski definition) is 4. The van der Waals surface area contributed by atoms with Crippen LogP contribution in [0.4, 0.5) is 4.79 Å². The summed E-state index contributed by atoms with van der Waals surface area (Å²) in [6, 6.07) is 6.48. The third-order valence-electron chi connectivity index (χ3n) is 3.68. The van der Waals surface area contributed by atoms with Crippen molar-refractivity contribution in [2.24, 2.45) is 0 Å². The molecule has 1 amide bonds. The van der Waals surface area contributed by atoms with Gasteiger partial charge in [0.25, 0.3) is 0 Å². The maximum atomic E-state index is 12.0. The first kappa shape index (κ1) is 17.3. The number of hydrogen-bond donors (Lipinski definition) is 4. The van der Waals surface area contributed by atoms with Crippen LogP contribution >= 0.6 is 0 Å². The molecule has 0 saturated carbocycles. The second-order valence-electron chi connectivity index (χ2n) is 6.78. The van der Waals surface area contributed by atoms with Gasteiger partial charge in [0, 0.05) is 11.8 Å². The predicted octanol–water partition coefficient (Wildman–Crippen LogP) is 2.26. The molecule has 1 aromatic carbocycles. The van der Waals surface area contributed by atoms with E-state index in [1.807, 2.05) is 18.2 Å². The summed E-state index contributed by atoms with van der Waals surface area (Å²) in [5.41, 5.74) is -0.775. The molecule has 1 aromatic heterocycles. The molecule has 0 fully saturated rings. The Morgan fingerprint density at radius 1 is 1.30 bits per heavy atom. The molecule has 4 N–H and O–H groups in total. The zero-order valence-electron chi connectivity index (χ0n) is 13.9. The number of rotatable bonds is 4. The van der Waals surface area contributed by atoms with Crippen molar-refractivity contribution in [2.45, 2.75) is 44.9 Å². The molecule has 2 atom stereocenters. The topological polar surface area (TPSA) is 94.6 Å². The molecule has 126 valence electrons. The van der Waals surface area contributed by atoms with Gasteiger partial charge >= 0.3 is 6.09 Å². The number of amides is 1. The molecule has 0 aliphatic rings. The van der Waals surface area contributed by atoms with Crippen molar-refractivity contribution in [1.29, 1.82) is 0 Å². The molecule has 1 unspecified atom stereocenters. The summed E-state index contributed by atoms with van der Waals surface area (Å²) in [4.78, 5) is 15.0. The average Bonchev–Trinajstić information content (AvgIpc) is 2.90. The number of nitrogens with one attached hydrogen (secondary N) is 2. The van der Waals surface area contributed by atoms with E-state index in [2.05, 4.69) is 10.3 Å². The van der Waals surface area contributed by atoms with Gasteiger partial charge in [0.15, 0.2) is 0 Å². The third kappa shape index (κ3) is 3.83. The third-order valence-corrected chi connectivity index (χ3v) is 3.68. The number of H-pyrrole nitrogens is 1. The van der Waals surface area contributed by atoms with Gasteiger partial charge in [-0.05, 0) is 39.1 Å². The van der Waals surface area contributed by atoms with E-state index in [4.69, 9.17) is 4.74 Å². The Balaban J connectivity index is 2.28. The largest absolute Gasteiger partial charge is 0.444 e. The number of aromatic nitrogens is 1. The second kappa shape index (κ2) is 6.22. The normalized spacial score (nSPS) is 15.9. The van der Waals surface area contributed by atoms with Crippen molar-refractivity contribution >= 4 is 17.0 Å². The summed E-state index contributed by atoms with van der Waals surface area (Å²) in [5.74, 6) is 0. The fourth-order valence-electron chi connectivity index (χ4n) is 2.51. The van der Waals surface area contributed by atoms with E-state index in [1.165, 1.54) is 0 Å². The van der Waals surface area contributed by atoms with Crippen molar-refractivity contribution < 1.29 is 19.7 Å². The van der Waals surface area contributed by atoms with E-state index >= 15 is 0 Å². The van der Waals surface area contributed by atoms with Crippen LogP contribution in [0, 0.1) is 0 Å². The lowest BCUT2D eigenvalue weighted by atomic mass is 9.87. The van der Waals surface area contributed by atoms with Gasteiger partial charge in [0.2, 0.25) is 0 Å². The zero-order valence-corrected chi connectivity index (χ0v) is 13.9. The van der Waals surface area contributed by atoms with Crippen LogP contribution in [0.3, 0.4) is 0 Å². The van der Waals surface area contributed by atoms with Gasteiger partial charge in [-0.25, -0.2) is 4.79 Å². The SMILES string of the molecule is CC(C)(C)OC(=O)N[C@H](CO)C(C)(O)c1cccc2cc[nH]c12. The molecule has 0 saturated heterocycles. The molecule has 6 nitrogen and oxygen atoms in total. The number of aliphatic hydroxyl groups excluding tert-OH is 1. The molecule has 0 aliphatic heterocycles. The Morgan fingerprint density at radius 3 is 2.61 bits per heavy atom. The number of carbonyl (C=O) groups excluding carboxylic acids is 1. The van der Waals surface area contributed by atoms with E-state index < -0.39 is 29.9 Å². The standard InChI is InChI=1S/C17H24N2O4/c1-16(2,3)23-15(21)19-13(10-20)17(4,22)12-7-5-6-11-8-9-18-14(11)12/h5-9,13,18,20,22H,10H2,1-4H3,(H,19,21)/t13-,17?/m1/s1. The molecular formula is C17H24N2O4. The number of aliphatic hydroxyl groups is 2. The first-order valence-corrected chi connectivity index (χ1v) is 7.54. The van der Waals surface area contributed by atoms with Crippen LogP contribution in [-0.2, 0) is 10.3 Å². The van der Waals surface area contributed by atoms with E-state index in [0.29, 0.717) is 5.56 Å². The van der Waals surface area contributed by atoms with Crippen LogP contribution in [0.1, 0.15) is 33.3 Å². The van der Waals surface area contributed by atoms with E-state index in [-0.39, 0.29) is 0 Å². The molecule has 2 rings (SSSR count). The minimum absolute atomic E-state index is 0.427. The zero-order chi connectivity index (χ0) is 17.3. The molecule has 6 heteroatoms. The molecular weight excluding hydrogens is 296 g/mol. The quantitative estimate of drug-likeness (QED) is 0.695. The lowest BCUT2D eigenvalue weighted by molar-refractivity contribution is -0.0135. The van der Waals surface area contributed by atoms with Gasteiger partial charge in [0.1, 0.15) is 11.2 Å². The number of aromatic amines is 1. The van der Waals surface area contributed by atoms with Crippen molar-refractivity contribution in [2.75, 3.05) is 6.61 Å². The van der Waals surface area contributed by atoms with Crippen LogP contribution in [0.2, 0.25) is 0 Å². The minimum Gasteiger partial charge on any atom is -0.444 e. The molecule has 23 heavy (non-hydrogen) atoms. The molecule has 0 bridgehead atoms. The summed E-state index contributed by atoms with van der Waals surface area (Å²) >= 11 is 0. The lowest BCUT2D eigenvalue weighted by Gasteiger charge is -2.33. The van der Waals surface area contributed by atoms with Crippen molar-refractivity contribution in [3.05, 3.63) is 36.0 Å².